The number of carboxylic acid groups (broad SMARTS) is 1. The maximum absolute atomic E-state index is 13.1. The van der Waals surface area contributed by atoms with E-state index in [0.717, 1.165) is 37.0 Å². The van der Waals surface area contributed by atoms with Crippen LogP contribution >= 0.6 is 0 Å². The molecule has 1 aliphatic heterocycles. The van der Waals surface area contributed by atoms with E-state index in [4.69, 9.17) is 4.74 Å². The highest BCUT2D eigenvalue weighted by atomic mass is 16.5. The molecule has 1 aromatic rings. The Kier molecular flexibility index (Phi) is 4.28. The molecular weight excluding hydrogens is 294 g/mol. The van der Waals surface area contributed by atoms with E-state index in [0.29, 0.717) is 19.5 Å². The number of rotatable bonds is 4. The fourth-order valence-corrected chi connectivity index (χ4v) is 3.73. The summed E-state index contributed by atoms with van der Waals surface area (Å²) in [4.78, 5) is 26.1. The monoisotopic (exact) mass is 317 g/mol. The molecule has 1 amide bonds. The zero-order valence-corrected chi connectivity index (χ0v) is 13.5. The number of hydrogen-bond acceptors (Lipinski definition) is 3. The lowest BCUT2D eigenvalue weighted by molar-refractivity contribution is -0.149. The van der Waals surface area contributed by atoms with Crippen molar-refractivity contribution in [3.05, 3.63) is 29.8 Å². The summed E-state index contributed by atoms with van der Waals surface area (Å²) in [6.07, 6.45) is 4.14. The maximum atomic E-state index is 13.1. The Morgan fingerprint density at radius 1 is 1.22 bits per heavy atom. The average molecular weight is 317 g/mol. The van der Waals surface area contributed by atoms with E-state index in [1.807, 2.05) is 24.3 Å². The first-order chi connectivity index (χ1) is 11.1. The lowest BCUT2D eigenvalue weighted by Crippen LogP contribution is -2.54. The van der Waals surface area contributed by atoms with Crippen LogP contribution in [0.15, 0.2) is 24.3 Å². The Labute approximate surface area is 136 Å². The third-order valence-corrected chi connectivity index (χ3v) is 5.32. The molecule has 3 rings (SSSR count). The van der Waals surface area contributed by atoms with Gasteiger partial charge in [0.15, 0.2) is 0 Å². The topological polar surface area (TPSA) is 66.8 Å². The first kappa shape index (κ1) is 15.8. The third-order valence-electron chi connectivity index (χ3n) is 5.32. The molecule has 1 heterocycles. The van der Waals surface area contributed by atoms with Crippen molar-refractivity contribution in [2.45, 2.75) is 37.5 Å². The molecule has 5 heteroatoms. The van der Waals surface area contributed by atoms with Crippen LogP contribution in [0.4, 0.5) is 0 Å². The number of piperidine rings is 1. The van der Waals surface area contributed by atoms with Gasteiger partial charge in [0.05, 0.1) is 18.4 Å². The number of ether oxygens (including phenoxy) is 1. The van der Waals surface area contributed by atoms with Crippen molar-refractivity contribution in [1.82, 2.24) is 4.90 Å². The second-order valence-corrected chi connectivity index (χ2v) is 6.59. The standard InChI is InChI=1S/C18H23NO4/c1-23-15-7-5-14(6-8-15)18(9-3-10-18)17(22)19-11-2-4-13(12-19)16(20)21/h5-8,13H,2-4,9-12H2,1H3,(H,20,21). The van der Waals surface area contributed by atoms with Crippen molar-refractivity contribution >= 4 is 11.9 Å². The first-order valence-electron chi connectivity index (χ1n) is 8.23. The molecule has 1 saturated heterocycles. The van der Waals surface area contributed by atoms with Crippen LogP contribution in [0.5, 0.6) is 5.75 Å². The number of methoxy groups -OCH3 is 1. The van der Waals surface area contributed by atoms with Gasteiger partial charge in [-0.2, -0.15) is 0 Å². The molecule has 1 atom stereocenters. The molecule has 1 saturated carbocycles. The van der Waals surface area contributed by atoms with Gasteiger partial charge in [-0.3, -0.25) is 9.59 Å². The number of likely N-dealkylation sites (tertiary alicyclic amines) is 1. The maximum Gasteiger partial charge on any atom is 0.308 e. The van der Waals surface area contributed by atoms with E-state index in [1.165, 1.54) is 0 Å². The highest BCUT2D eigenvalue weighted by Gasteiger charge is 2.48. The molecule has 2 aliphatic rings. The number of carbonyl (C=O) groups is 2. The second kappa shape index (κ2) is 6.22. The molecule has 0 bridgehead atoms. The van der Waals surface area contributed by atoms with Crippen LogP contribution in [0, 0.1) is 5.92 Å². The van der Waals surface area contributed by atoms with Gasteiger partial charge in [0, 0.05) is 13.1 Å². The lowest BCUT2D eigenvalue weighted by Gasteiger charge is -2.45. The van der Waals surface area contributed by atoms with Gasteiger partial charge >= 0.3 is 5.97 Å². The first-order valence-corrected chi connectivity index (χ1v) is 8.23. The molecule has 0 radical (unpaired) electrons. The zero-order chi connectivity index (χ0) is 16.4. The number of carbonyl (C=O) groups excluding carboxylic acids is 1. The van der Waals surface area contributed by atoms with Gasteiger partial charge in [-0.15, -0.1) is 0 Å². The van der Waals surface area contributed by atoms with Gasteiger partial charge in [-0.25, -0.2) is 0 Å². The minimum Gasteiger partial charge on any atom is -0.497 e. The van der Waals surface area contributed by atoms with E-state index >= 15 is 0 Å². The minimum atomic E-state index is -0.797. The fourth-order valence-electron chi connectivity index (χ4n) is 3.73. The number of amides is 1. The SMILES string of the molecule is COc1ccc(C2(C(=O)N3CCCC(C(=O)O)C3)CCC2)cc1. The Hall–Kier alpha value is -2.04. The highest BCUT2D eigenvalue weighted by molar-refractivity contribution is 5.90. The van der Waals surface area contributed by atoms with Crippen LogP contribution in [0.25, 0.3) is 0 Å². The summed E-state index contributed by atoms with van der Waals surface area (Å²) >= 11 is 0. The van der Waals surface area contributed by atoms with Gasteiger partial charge in [-0.05, 0) is 43.4 Å². The molecular formula is C18H23NO4. The van der Waals surface area contributed by atoms with Crippen molar-refractivity contribution in [2.24, 2.45) is 5.92 Å². The van der Waals surface area contributed by atoms with Gasteiger partial charge in [-0.1, -0.05) is 18.6 Å². The summed E-state index contributed by atoms with van der Waals surface area (Å²) < 4.78 is 5.19. The largest absolute Gasteiger partial charge is 0.497 e. The van der Waals surface area contributed by atoms with E-state index in [1.54, 1.807) is 12.0 Å². The Morgan fingerprint density at radius 2 is 1.91 bits per heavy atom. The summed E-state index contributed by atoms with van der Waals surface area (Å²) in [6.45, 7) is 1.01. The van der Waals surface area contributed by atoms with E-state index in [9.17, 15) is 14.7 Å². The highest BCUT2D eigenvalue weighted by Crippen LogP contribution is 2.46. The van der Waals surface area contributed by atoms with E-state index in [-0.39, 0.29) is 5.91 Å². The summed E-state index contributed by atoms with van der Waals surface area (Å²) in [5, 5.41) is 9.23. The third kappa shape index (κ3) is 2.80. The molecule has 0 aromatic heterocycles. The van der Waals surface area contributed by atoms with Crippen LogP contribution in [0.2, 0.25) is 0 Å². The molecule has 1 aromatic carbocycles. The van der Waals surface area contributed by atoms with Crippen LogP contribution < -0.4 is 4.74 Å². The van der Waals surface area contributed by atoms with Crippen molar-refractivity contribution in [3.8, 4) is 5.75 Å². The number of hydrogen-bond donors (Lipinski definition) is 1. The van der Waals surface area contributed by atoms with Gasteiger partial charge in [0.25, 0.3) is 0 Å². The summed E-state index contributed by atoms with van der Waals surface area (Å²) in [5.74, 6) is -0.352. The number of aliphatic carboxylic acids is 1. The molecule has 5 nitrogen and oxygen atoms in total. The molecule has 23 heavy (non-hydrogen) atoms. The number of carboxylic acids is 1. The minimum absolute atomic E-state index is 0.0971. The van der Waals surface area contributed by atoms with Crippen LogP contribution in [0.1, 0.15) is 37.7 Å². The Balaban J connectivity index is 1.81. The Bertz CT molecular complexity index is 592. The predicted molar refractivity (Wildman–Crippen MR) is 85.5 cm³/mol. The number of benzene rings is 1. The molecule has 2 fully saturated rings. The van der Waals surface area contributed by atoms with Crippen LogP contribution in [-0.4, -0.2) is 42.1 Å². The van der Waals surface area contributed by atoms with E-state index < -0.39 is 17.3 Å². The Morgan fingerprint density at radius 3 is 2.43 bits per heavy atom. The average Bonchev–Trinajstić information content (AvgIpc) is 2.54. The van der Waals surface area contributed by atoms with Crippen LogP contribution in [-0.2, 0) is 15.0 Å². The summed E-state index contributed by atoms with van der Waals surface area (Å²) in [5.41, 5.74) is 0.555. The summed E-state index contributed by atoms with van der Waals surface area (Å²) in [6, 6.07) is 7.71. The quantitative estimate of drug-likeness (QED) is 0.926. The van der Waals surface area contributed by atoms with Crippen molar-refractivity contribution in [1.29, 1.82) is 0 Å². The predicted octanol–water partition coefficient (Wildman–Crippen LogP) is 2.44. The second-order valence-electron chi connectivity index (χ2n) is 6.59. The smallest absolute Gasteiger partial charge is 0.308 e. The molecule has 1 N–H and O–H groups in total. The summed E-state index contributed by atoms with van der Waals surface area (Å²) in [7, 11) is 1.62. The lowest BCUT2D eigenvalue weighted by atomic mass is 9.63. The van der Waals surface area contributed by atoms with Gasteiger partial charge < -0.3 is 14.7 Å². The number of nitrogens with zero attached hydrogens (tertiary/aromatic N) is 1. The van der Waals surface area contributed by atoms with E-state index in [2.05, 4.69) is 0 Å². The van der Waals surface area contributed by atoms with Crippen molar-refractivity contribution in [3.63, 3.8) is 0 Å². The molecule has 124 valence electrons. The fraction of sp³-hybridized carbons (Fsp3) is 0.556. The van der Waals surface area contributed by atoms with Gasteiger partial charge in [0.2, 0.25) is 5.91 Å². The van der Waals surface area contributed by atoms with Crippen LogP contribution in [0.3, 0.4) is 0 Å². The zero-order valence-electron chi connectivity index (χ0n) is 13.5. The molecule has 1 unspecified atom stereocenters. The van der Waals surface area contributed by atoms with Gasteiger partial charge in [0.1, 0.15) is 5.75 Å². The van der Waals surface area contributed by atoms with Crippen molar-refractivity contribution < 1.29 is 19.4 Å². The molecule has 1 aliphatic carbocycles. The molecule has 0 spiro atoms. The van der Waals surface area contributed by atoms with Crippen molar-refractivity contribution in [2.75, 3.05) is 20.2 Å². The normalized spacial score (nSPS) is 23.0.